The molecule has 0 fully saturated rings. The number of benzene rings is 1. The summed E-state index contributed by atoms with van der Waals surface area (Å²) >= 11 is 7.57. The Hall–Kier alpha value is -2.90. The molecule has 1 amide bonds. The molecule has 0 unspecified atom stereocenters. The largest absolute Gasteiger partial charge is 0.459 e. The fourth-order valence-corrected chi connectivity index (χ4v) is 3.44. The van der Waals surface area contributed by atoms with E-state index in [1.165, 1.54) is 17.0 Å². The predicted molar refractivity (Wildman–Crippen MR) is 101 cm³/mol. The van der Waals surface area contributed by atoms with E-state index in [2.05, 4.69) is 10.4 Å². The average Bonchev–Trinajstić information content (AvgIpc) is 3.31. The van der Waals surface area contributed by atoms with E-state index in [0.717, 1.165) is 4.88 Å². The zero-order valence-electron chi connectivity index (χ0n) is 13.3. The Balaban J connectivity index is 1.84. The van der Waals surface area contributed by atoms with Gasteiger partial charge in [-0.05, 0) is 41.8 Å². The standard InChI is InChI=1S/C18H12ClN3O3S/c19-11-5-6-13-14(9-11)20-16(10-12-3-2-8-26-12)22(18(13)24)21-17(23)15-4-1-7-25-15/h1-9H,10H2,(H,21,23). The molecule has 0 bridgehead atoms. The van der Waals surface area contributed by atoms with E-state index in [9.17, 15) is 9.59 Å². The Morgan fingerprint density at radius 1 is 1.27 bits per heavy atom. The predicted octanol–water partition coefficient (Wildman–Crippen LogP) is 3.68. The summed E-state index contributed by atoms with van der Waals surface area (Å²) in [5.74, 6) is -0.0121. The Labute approximate surface area is 156 Å². The molecule has 1 aromatic carbocycles. The van der Waals surface area contributed by atoms with Crippen molar-refractivity contribution in [3.63, 3.8) is 0 Å². The number of hydrogen-bond acceptors (Lipinski definition) is 5. The van der Waals surface area contributed by atoms with Crippen molar-refractivity contribution in [1.82, 2.24) is 9.66 Å². The fraction of sp³-hybridized carbons (Fsp3) is 0.0556. The maximum atomic E-state index is 12.9. The van der Waals surface area contributed by atoms with Gasteiger partial charge in [-0.2, -0.15) is 0 Å². The number of hydrogen-bond donors (Lipinski definition) is 1. The molecule has 4 aromatic rings. The van der Waals surface area contributed by atoms with Crippen LogP contribution in [0.2, 0.25) is 5.02 Å². The number of carbonyl (C=O) groups is 1. The van der Waals surface area contributed by atoms with Crippen LogP contribution in [-0.2, 0) is 6.42 Å². The van der Waals surface area contributed by atoms with Gasteiger partial charge in [-0.3, -0.25) is 15.0 Å². The van der Waals surface area contributed by atoms with Gasteiger partial charge in [-0.1, -0.05) is 17.7 Å². The van der Waals surface area contributed by atoms with E-state index in [4.69, 9.17) is 16.0 Å². The second-order valence-corrected chi connectivity index (χ2v) is 6.97. The van der Waals surface area contributed by atoms with Gasteiger partial charge in [0, 0.05) is 16.3 Å². The number of furan rings is 1. The molecule has 8 heteroatoms. The number of halogens is 1. The van der Waals surface area contributed by atoms with Crippen molar-refractivity contribution in [2.45, 2.75) is 6.42 Å². The Morgan fingerprint density at radius 2 is 2.15 bits per heavy atom. The Morgan fingerprint density at radius 3 is 2.88 bits per heavy atom. The second-order valence-electron chi connectivity index (χ2n) is 5.50. The first kappa shape index (κ1) is 16.6. The van der Waals surface area contributed by atoms with E-state index in [1.54, 1.807) is 35.6 Å². The van der Waals surface area contributed by atoms with Crippen molar-refractivity contribution >= 4 is 39.7 Å². The van der Waals surface area contributed by atoms with Crippen LogP contribution >= 0.6 is 22.9 Å². The Bertz CT molecular complexity index is 1130. The zero-order chi connectivity index (χ0) is 18.1. The lowest BCUT2D eigenvalue weighted by atomic mass is 10.2. The summed E-state index contributed by atoms with van der Waals surface area (Å²) in [6.45, 7) is 0. The van der Waals surface area contributed by atoms with Crippen LogP contribution in [0.1, 0.15) is 21.3 Å². The van der Waals surface area contributed by atoms with Crippen molar-refractivity contribution in [2.24, 2.45) is 0 Å². The van der Waals surface area contributed by atoms with Gasteiger partial charge in [0.05, 0.1) is 17.2 Å². The number of nitrogens with one attached hydrogen (secondary N) is 1. The monoisotopic (exact) mass is 385 g/mol. The topological polar surface area (TPSA) is 77.1 Å². The number of nitrogens with zero attached hydrogens (tertiary/aromatic N) is 2. The highest BCUT2D eigenvalue weighted by Crippen LogP contribution is 2.18. The first-order valence-corrected chi connectivity index (χ1v) is 8.96. The van der Waals surface area contributed by atoms with Crippen LogP contribution in [0.15, 0.2) is 63.3 Å². The second kappa shape index (κ2) is 6.78. The molecule has 3 heterocycles. The van der Waals surface area contributed by atoms with Crippen molar-refractivity contribution in [2.75, 3.05) is 5.43 Å². The highest BCUT2D eigenvalue weighted by atomic mass is 35.5. The molecule has 0 saturated carbocycles. The van der Waals surface area contributed by atoms with Crippen LogP contribution in [0, 0.1) is 0 Å². The van der Waals surface area contributed by atoms with Crippen molar-refractivity contribution in [3.8, 4) is 0 Å². The molecule has 0 aliphatic heterocycles. The van der Waals surface area contributed by atoms with Crippen LogP contribution in [0.5, 0.6) is 0 Å². The minimum Gasteiger partial charge on any atom is -0.459 e. The number of aromatic nitrogens is 2. The maximum absolute atomic E-state index is 12.9. The molecule has 0 aliphatic rings. The van der Waals surface area contributed by atoms with Gasteiger partial charge in [0.1, 0.15) is 5.82 Å². The quantitative estimate of drug-likeness (QED) is 0.581. The molecule has 26 heavy (non-hydrogen) atoms. The van der Waals surface area contributed by atoms with Crippen LogP contribution in [0.3, 0.4) is 0 Å². The number of thiophene rings is 1. The molecular weight excluding hydrogens is 374 g/mol. The van der Waals surface area contributed by atoms with Crippen molar-refractivity contribution in [1.29, 1.82) is 0 Å². The first-order valence-electron chi connectivity index (χ1n) is 7.70. The molecule has 0 saturated heterocycles. The molecule has 130 valence electrons. The van der Waals surface area contributed by atoms with Crippen LogP contribution in [-0.4, -0.2) is 15.6 Å². The summed E-state index contributed by atoms with van der Waals surface area (Å²) in [6, 6.07) is 11.8. The lowest BCUT2D eigenvalue weighted by molar-refractivity contribution is 0.0980. The molecule has 1 N–H and O–H groups in total. The number of amides is 1. The van der Waals surface area contributed by atoms with Gasteiger partial charge in [-0.15, -0.1) is 11.3 Å². The van der Waals surface area contributed by atoms with E-state index in [1.807, 2.05) is 17.5 Å². The van der Waals surface area contributed by atoms with Gasteiger partial charge < -0.3 is 4.42 Å². The smallest absolute Gasteiger partial charge is 0.305 e. The SMILES string of the molecule is O=C(Nn1c(Cc2cccs2)nc2cc(Cl)ccc2c1=O)c1ccco1. The number of fused-ring (bicyclic) bond motifs is 1. The number of carbonyl (C=O) groups excluding carboxylic acids is 1. The number of rotatable bonds is 4. The van der Waals surface area contributed by atoms with Crippen LogP contribution in [0.25, 0.3) is 10.9 Å². The van der Waals surface area contributed by atoms with Crippen molar-refractivity contribution in [3.05, 3.63) is 85.9 Å². The third-order valence-electron chi connectivity index (χ3n) is 3.77. The van der Waals surface area contributed by atoms with Gasteiger partial charge in [0.2, 0.25) is 0 Å². The van der Waals surface area contributed by atoms with Crippen LogP contribution < -0.4 is 11.0 Å². The van der Waals surface area contributed by atoms with E-state index >= 15 is 0 Å². The first-order chi connectivity index (χ1) is 12.6. The lowest BCUT2D eigenvalue weighted by Gasteiger charge is -2.13. The summed E-state index contributed by atoms with van der Waals surface area (Å²) in [5, 5.41) is 2.80. The minimum atomic E-state index is -0.528. The van der Waals surface area contributed by atoms with E-state index < -0.39 is 5.91 Å². The molecule has 0 radical (unpaired) electrons. The normalized spacial score (nSPS) is 11.0. The van der Waals surface area contributed by atoms with Crippen molar-refractivity contribution < 1.29 is 9.21 Å². The summed E-state index contributed by atoms with van der Waals surface area (Å²) in [6.07, 6.45) is 1.79. The van der Waals surface area contributed by atoms with E-state index in [-0.39, 0.29) is 11.3 Å². The molecule has 0 spiro atoms. The lowest BCUT2D eigenvalue weighted by Crippen LogP contribution is -2.36. The summed E-state index contributed by atoms with van der Waals surface area (Å²) in [4.78, 5) is 30.9. The average molecular weight is 386 g/mol. The molecule has 0 atom stereocenters. The van der Waals surface area contributed by atoms with Crippen LogP contribution in [0.4, 0.5) is 0 Å². The maximum Gasteiger partial charge on any atom is 0.305 e. The van der Waals surface area contributed by atoms with Gasteiger partial charge in [0.25, 0.3) is 5.56 Å². The van der Waals surface area contributed by atoms with Gasteiger partial charge >= 0.3 is 5.91 Å². The fourth-order valence-electron chi connectivity index (χ4n) is 2.57. The highest BCUT2D eigenvalue weighted by molar-refractivity contribution is 7.09. The molecule has 0 aliphatic carbocycles. The van der Waals surface area contributed by atoms with Gasteiger partial charge in [0.15, 0.2) is 5.76 Å². The Kier molecular flexibility index (Phi) is 4.32. The third-order valence-corrected chi connectivity index (χ3v) is 4.88. The highest BCUT2D eigenvalue weighted by Gasteiger charge is 2.16. The summed E-state index contributed by atoms with van der Waals surface area (Å²) in [5.41, 5.74) is 2.69. The van der Waals surface area contributed by atoms with E-state index in [0.29, 0.717) is 28.2 Å². The molecule has 6 nitrogen and oxygen atoms in total. The summed E-state index contributed by atoms with van der Waals surface area (Å²) < 4.78 is 6.26. The molecule has 4 rings (SSSR count). The van der Waals surface area contributed by atoms with Gasteiger partial charge in [-0.25, -0.2) is 9.66 Å². The molecule has 3 aromatic heterocycles. The third kappa shape index (κ3) is 3.14. The zero-order valence-corrected chi connectivity index (χ0v) is 14.9. The molecular formula is C18H12ClN3O3S. The summed E-state index contributed by atoms with van der Waals surface area (Å²) in [7, 11) is 0. The minimum absolute atomic E-state index is 0.107.